The Hall–Kier alpha value is -2.59. The normalized spacial score (nSPS) is 13.9. The van der Waals surface area contributed by atoms with Crippen molar-refractivity contribution in [2.75, 3.05) is 25.5 Å². The first kappa shape index (κ1) is 19.2. The van der Waals surface area contributed by atoms with Crippen LogP contribution in [0.1, 0.15) is 6.92 Å². The van der Waals surface area contributed by atoms with E-state index in [-0.39, 0.29) is 36.8 Å². The number of hydrogen-bond donors (Lipinski definition) is 2. The third kappa shape index (κ3) is 4.98. The number of hydrogen-bond acceptors (Lipinski definition) is 8. The first-order chi connectivity index (χ1) is 13.1. The van der Waals surface area contributed by atoms with Crippen LogP contribution in [-0.4, -0.2) is 48.5 Å². The molecule has 2 amide bonds. The first-order valence-corrected chi connectivity index (χ1v) is 9.95. The second-order valence-corrected chi connectivity index (χ2v) is 7.64. The maximum atomic E-state index is 12.0. The zero-order chi connectivity index (χ0) is 19.2. The molecular weight excluding hydrogens is 390 g/mol. The highest BCUT2D eigenvalue weighted by Crippen LogP contribution is 2.29. The molecule has 10 heteroatoms. The minimum atomic E-state index is -0.556. The molecule has 1 aliphatic heterocycles. The van der Waals surface area contributed by atoms with E-state index in [1.54, 1.807) is 6.92 Å². The number of esters is 2. The lowest BCUT2D eigenvalue weighted by Crippen LogP contribution is -2.45. The number of thioether (sulfide) groups is 1. The number of ether oxygens (including phenoxy) is 2. The van der Waals surface area contributed by atoms with E-state index in [0.717, 1.165) is 14.6 Å². The Morgan fingerprint density at radius 1 is 1.30 bits per heavy atom. The number of carbonyl (C=O) groups is 3. The van der Waals surface area contributed by atoms with Crippen molar-refractivity contribution < 1.29 is 23.9 Å². The zero-order valence-corrected chi connectivity index (χ0v) is 16.1. The number of amides is 2. The van der Waals surface area contributed by atoms with Gasteiger partial charge in [-0.2, -0.15) is 0 Å². The van der Waals surface area contributed by atoms with Gasteiger partial charge in [-0.1, -0.05) is 23.9 Å². The van der Waals surface area contributed by atoms with Gasteiger partial charge < -0.3 is 20.1 Å². The van der Waals surface area contributed by atoms with Gasteiger partial charge in [0, 0.05) is 0 Å². The van der Waals surface area contributed by atoms with Gasteiger partial charge >= 0.3 is 18.0 Å². The molecule has 2 aromatic rings. The van der Waals surface area contributed by atoms with Gasteiger partial charge in [-0.25, -0.2) is 14.6 Å². The molecule has 0 fully saturated rings. The monoisotopic (exact) mass is 407 g/mol. The van der Waals surface area contributed by atoms with E-state index in [1.165, 1.54) is 23.1 Å². The quantitative estimate of drug-likeness (QED) is 0.534. The van der Waals surface area contributed by atoms with Gasteiger partial charge in [0.2, 0.25) is 0 Å². The van der Waals surface area contributed by atoms with Crippen molar-refractivity contribution in [3.05, 3.63) is 35.5 Å². The van der Waals surface area contributed by atoms with Crippen molar-refractivity contribution in [2.45, 2.75) is 11.3 Å². The van der Waals surface area contributed by atoms with Crippen LogP contribution < -0.4 is 10.6 Å². The average Bonchev–Trinajstić information content (AvgIpc) is 3.08. The Morgan fingerprint density at radius 3 is 2.89 bits per heavy atom. The van der Waals surface area contributed by atoms with E-state index in [1.807, 2.05) is 24.3 Å². The summed E-state index contributed by atoms with van der Waals surface area (Å²) in [7, 11) is 0. The third-order valence-corrected chi connectivity index (χ3v) is 5.69. The Kier molecular flexibility index (Phi) is 6.30. The number of aromatic nitrogens is 1. The van der Waals surface area contributed by atoms with Crippen LogP contribution in [0, 0.1) is 0 Å². The van der Waals surface area contributed by atoms with E-state index < -0.39 is 18.0 Å². The lowest BCUT2D eigenvalue weighted by molar-refractivity contribution is -0.141. The topological polar surface area (TPSA) is 107 Å². The van der Waals surface area contributed by atoms with Gasteiger partial charge in [0.25, 0.3) is 0 Å². The lowest BCUT2D eigenvalue weighted by Gasteiger charge is -2.21. The van der Waals surface area contributed by atoms with Gasteiger partial charge in [-0.3, -0.25) is 4.79 Å². The fraction of sp³-hybridized carbons (Fsp3) is 0.294. The summed E-state index contributed by atoms with van der Waals surface area (Å²) in [5.74, 6) is -0.948. The van der Waals surface area contributed by atoms with Crippen LogP contribution in [0.3, 0.4) is 0 Å². The van der Waals surface area contributed by atoms with E-state index in [2.05, 4.69) is 15.6 Å². The number of nitrogens with one attached hydrogen (secondary N) is 2. The summed E-state index contributed by atoms with van der Waals surface area (Å²) in [4.78, 5) is 39.9. The third-order valence-electron chi connectivity index (χ3n) is 3.54. The molecule has 8 nitrogen and oxygen atoms in total. The van der Waals surface area contributed by atoms with Crippen LogP contribution in [0.4, 0.5) is 4.79 Å². The summed E-state index contributed by atoms with van der Waals surface area (Å²) in [5, 5.41) is 4.98. The van der Waals surface area contributed by atoms with E-state index >= 15 is 0 Å². The number of urea groups is 1. The molecule has 0 spiro atoms. The molecule has 0 radical (unpaired) electrons. The average molecular weight is 407 g/mol. The van der Waals surface area contributed by atoms with Crippen LogP contribution in [0.25, 0.3) is 10.2 Å². The van der Waals surface area contributed by atoms with Crippen molar-refractivity contribution in [3.8, 4) is 0 Å². The van der Waals surface area contributed by atoms with E-state index in [4.69, 9.17) is 9.47 Å². The second-order valence-electron chi connectivity index (χ2n) is 5.38. The molecular formula is C17H17N3O5S2. The molecule has 1 aromatic heterocycles. The Balaban J connectivity index is 1.56. The first-order valence-electron chi connectivity index (χ1n) is 8.14. The number of rotatable bonds is 7. The maximum absolute atomic E-state index is 12.0. The zero-order valence-electron chi connectivity index (χ0n) is 14.4. The summed E-state index contributed by atoms with van der Waals surface area (Å²) < 4.78 is 12.0. The van der Waals surface area contributed by atoms with Crippen molar-refractivity contribution in [1.29, 1.82) is 0 Å². The van der Waals surface area contributed by atoms with Crippen LogP contribution in [0.5, 0.6) is 0 Å². The van der Waals surface area contributed by atoms with Crippen LogP contribution in [-0.2, 0) is 19.1 Å². The molecule has 0 unspecified atom stereocenters. The number of nitrogens with zero attached hydrogens (tertiary/aromatic N) is 1. The predicted molar refractivity (Wildman–Crippen MR) is 101 cm³/mol. The Labute approximate surface area is 163 Å². The van der Waals surface area contributed by atoms with Gasteiger partial charge in [-0.15, -0.1) is 11.3 Å². The molecule has 27 heavy (non-hydrogen) atoms. The van der Waals surface area contributed by atoms with Gasteiger partial charge in [0.15, 0.2) is 4.34 Å². The molecule has 142 valence electrons. The van der Waals surface area contributed by atoms with E-state index in [9.17, 15) is 14.4 Å². The molecule has 0 saturated heterocycles. The standard InChI is InChI=1S/C17H17N3O5S2/c1-2-24-15(22)10-7-18-16(23)19-12(10)8-25-14(21)9-26-17-20-11-5-3-4-6-13(11)27-17/h3-6H,2,7-9H2,1H3,(H2,18,19,23). The number of fused-ring (bicyclic) bond motifs is 1. The Morgan fingerprint density at radius 2 is 2.11 bits per heavy atom. The molecule has 3 rings (SSSR count). The minimum Gasteiger partial charge on any atom is -0.463 e. The molecule has 2 heterocycles. The fourth-order valence-corrected chi connectivity index (χ4v) is 4.16. The molecule has 1 aromatic carbocycles. The summed E-state index contributed by atoms with van der Waals surface area (Å²) in [6.07, 6.45) is 0. The summed E-state index contributed by atoms with van der Waals surface area (Å²) in [5.41, 5.74) is 1.36. The molecule has 0 saturated carbocycles. The highest BCUT2D eigenvalue weighted by atomic mass is 32.2. The molecule has 0 atom stereocenters. The SMILES string of the molecule is CCOC(=O)C1=C(COC(=O)CSc2nc3ccccc3s2)NC(=O)NC1. The van der Waals surface area contributed by atoms with Crippen LogP contribution >= 0.6 is 23.1 Å². The summed E-state index contributed by atoms with van der Waals surface area (Å²) in [6.45, 7) is 1.72. The highest BCUT2D eigenvalue weighted by molar-refractivity contribution is 8.01. The van der Waals surface area contributed by atoms with Gasteiger partial charge in [-0.05, 0) is 19.1 Å². The smallest absolute Gasteiger partial charge is 0.337 e. The number of carbonyl (C=O) groups excluding carboxylic acids is 3. The van der Waals surface area contributed by atoms with Crippen molar-refractivity contribution in [2.24, 2.45) is 0 Å². The summed E-state index contributed by atoms with van der Waals surface area (Å²) >= 11 is 2.79. The number of benzene rings is 1. The summed E-state index contributed by atoms with van der Waals surface area (Å²) in [6, 6.07) is 7.27. The molecule has 2 N–H and O–H groups in total. The second kappa shape index (κ2) is 8.87. The van der Waals surface area contributed by atoms with Gasteiger partial charge in [0.05, 0.1) is 40.4 Å². The predicted octanol–water partition coefficient (Wildman–Crippen LogP) is 2.06. The largest absolute Gasteiger partial charge is 0.463 e. The van der Waals surface area contributed by atoms with Crippen molar-refractivity contribution in [1.82, 2.24) is 15.6 Å². The molecule has 0 bridgehead atoms. The fourth-order valence-electron chi connectivity index (χ4n) is 2.30. The highest BCUT2D eigenvalue weighted by Gasteiger charge is 2.24. The van der Waals surface area contributed by atoms with Crippen molar-refractivity contribution >= 4 is 51.3 Å². The number of thiazole rings is 1. The lowest BCUT2D eigenvalue weighted by atomic mass is 10.2. The minimum absolute atomic E-state index is 0.0258. The van der Waals surface area contributed by atoms with Crippen molar-refractivity contribution in [3.63, 3.8) is 0 Å². The molecule has 0 aliphatic carbocycles. The van der Waals surface area contributed by atoms with Gasteiger partial charge in [0.1, 0.15) is 6.61 Å². The number of para-hydroxylation sites is 1. The molecule has 1 aliphatic rings. The van der Waals surface area contributed by atoms with E-state index in [0.29, 0.717) is 0 Å². The maximum Gasteiger partial charge on any atom is 0.337 e. The Bertz CT molecular complexity index is 876. The van der Waals surface area contributed by atoms with Crippen LogP contribution in [0.2, 0.25) is 0 Å². The van der Waals surface area contributed by atoms with Crippen LogP contribution in [0.15, 0.2) is 39.9 Å².